The molecule has 158 valence electrons. The summed E-state index contributed by atoms with van der Waals surface area (Å²) in [6, 6.07) is 7.99. The largest absolute Gasteiger partial charge is 0.352 e. The van der Waals surface area contributed by atoms with E-state index in [1.54, 1.807) is 0 Å². The summed E-state index contributed by atoms with van der Waals surface area (Å²) in [5.74, 6) is 0.898. The topological polar surface area (TPSA) is 63.1 Å². The first kappa shape index (κ1) is 22.1. The van der Waals surface area contributed by atoms with Crippen molar-refractivity contribution in [2.24, 2.45) is 0 Å². The molecule has 1 aromatic heterocycles. The van der Waals surface area contributed by atoms with Crippen molar-refractivity contribution in [3.8, 4) is 5.69 Å². The minimum atomic E-state index is -0.255. The average Bonchev–Trinajstić information content (AvgIpc) is 3.12. The minimum Gasteiger partial charge on any atom is -0.352 e. The summed E-state index contributed by atoms with van der Waals surface area (Å²) in [7, 11) is 4.03. The third-order valence-corrected chi connectivity index (χ3v) is 6.79. The number of aromatic nitrogens is 3. The van der Waals surface area contributed by atoms with Crippen LogP contribution in [-0.2, 0) is 4.79 Å². The lowest BCUT2D eigenvalue weighted by Gasteiger charge is -2.24. The zero-order valence-electron chi connectivity index (χ0n) is 17.6. The highest BCUT2D eigenvalue weighted by Crippen LogP contribution is 2.30. The minimum absolute atomic E-state index is 0.0646. The zero-order valence-corrected chi connectivity index (χ0v) is 19.1. The van der Waals surface area contributed by atoms with Gasteiger partial charge in [0.2, 0.25) is 5.91 Å². The Bertz CT molecular complexity index is 817. The van der Waals surface area contributed by atoms with Gasteiger partial charge in [-0.1, -0.05) is 42.6 Å². The van der Waals surface area contributed by atoms with E-state index in [-0.39, 0.29) is 17.2 Å². The molecule has 0 spiro atoms. The van der Waals surface area contributed by atoms with E-state index in [1.807, 2.05) is 49.9 Å². The van der Waals surface area contributed by atoms with E-state index in [0.29, 0.717) is 16.2 Å². The molecule has 2 atom stereocenters. The van der Waals surface area contributed by atoms with Gasteiger partial charge in [-0.15, -0.1) is 10.2 Å². The van der Waals surface area contributed by atoms with Crippen LogP contribution in [0.1, 0.15) is 57.8 Å². The fourth-order valence-corrected chi connectivity index (χ4v) is 4.48. The van der Waals surface area contributed by atoms with Crippen LogP contribution >= 0.6 is 23.4 Å². The zero-order chi connectivity index (χ0) is 21.0. The Morgan fingerprint density at radius 2 is 1.83 bits per heavy atom. The van der Waals surface area contributed by atoms with Gasteiger partial charge in [-0.2, -0.15) is 0 Å². The summed E-state index contributed by atoms with van der Waals surface area (Å²) in [6.45, 7) is 4.02. The second-order valence-corrected chi connectivity index (χ2v) is 9.64. The highest BCUT2D eigenvalue weighted by molar-refractivity contribution is 8.00. The highest BCUT2D eigenvalue weighted by Gasteiger charge is 2.25. The van der Waals surface area contributed by atoms with Crippen LogP contribution in [0.2, 0.25) is 5.02 Å². The Hall–Kier alpha value is -1.57. The number of carbonyl (C=O) groups excluding carboxylic acids is 1. The number of hydrogen-bond acceptors (Lipinski definition) is 5. The van der Waals surface area contributed by atoms with Crippen molar-refractivity contribution in [2.45, 2.75) is 68.4 Å². The van der Waals surface area contributed by atoms with Gasteiger partial charge in [-0.3, -0.25) is 14.3 Å². The first-order valence-electron chi connectivity index (χ1n) is 10.2. The van der Waals surface area contributed by atoms with E-state index in [9.17, 15) is 4.79 Å². The maximum atomic E-state index is 12.7. The van der Waals surface area contributed by atoms with Gasteiger partial charge < -0.3 is 5.32 Å². The molecule has 0 bridgehead atoms. The van der Waals surface area contributed by atoms with Crippen LogP contribution in [0.5, 0.6) is 0 Å². The van der Waals surface area contributed by atoms with E-state index in [1.165, 1.54) is 31.0 Å². The standard InChI is InChI=1S/C21H30ClN5OS/c1-14(26(3)4)19-24-25-21(27(19)18-12-10-16(22)11-13-18)29-15(2)20(28)23-17-8-6-5-7-9-17/h10-15,17H,5-9H2,1-4H3,(H,23,28). The lowest BCUT2D eigenvalue weighted by Crippen LogP contribution is -2.40. The van der Waals surface area contributed by atoms with Crippen molar-refractivity contribution in [1.29, 1.82) is 0 Å². The van der Waals surface area contributed by atoms with Gasteiger partial charge in [0.25, 0.3) is 0 Å². The van der Waals surface area contributed by atoms with Crippen LogP contribution in [-0.4, -0.2) is 51.0 Å². The normalized spacial score (nSPS) is 17.3. The maximum absolute atomic E-state index is 12.7. The maximum Gasteiger partial charge on any atom is 0.233 e. The number of halogens is 1. The van der Waals surface area contributed by atoms with Crippen LogP contribution in [0, 0.1) is 0 Å². The fourth-order valence-electron chi connectivity index (χ4n) is 3.47. The number of amides is 1. The lowest BCUT2D eigenvalue weighted by molar-refractivity contribution is -0.121. The van der Waals surface area contributed by atoms with E-state index in [0.717, 1.165) is 24.4 Å². The second-order valence-electron chi connectivity index (χ2n) is 7.90. The molecule has 2 unspecified atom stereocenters. The predicted molar refractivity (Wildman–Crippen MR) is 119 cm³/mol. The van der Waals surface area contributed by atoms with Crippen molar-refractivity contribution in [3.05, 3.63) is 35.1 Å². The molecular weight excluding hydrogens is 406 g/mol. The quantitative estimate of drug-likeness (QED) is 0.650. The van der Waals surface area contributed by atoms with Gasteiger partial charge in [0.15, 0.2) is 11.0 Å². The Morgan fingerprint density at radius 1 is 1.17 bits per heavy atom. The van der Waals surface area contributed by atoms with Gasteiger partial charge in [0.05, 0.1) is 11.3 Å². The molecule has 2 aromatic rings. The monoisotopic (exact) mass is 435 g/mol. The van der Waals surface area contributed by atoms with Gasteiger partial charge >= 0.3 is 0 Å². The third-order valence-electron chi connectivity index (χ3n) is 5.49. The average molecular weight is 436 g/mol. The Kier molecular flexibility index (Phi) is 7.60. The summed E-state index contributed by atoms with van der Waals surface area (Å²) in [5, 5.41) is 13.2. The number of benzene rings is 1. The molecule has 1 heterocycles. The molecule has 1 fully saturated rings. The Morgan fingerprint density at radius 3 is 2.45 bits per heavy atom. The second kappa shape index (κ2) is 9.96. The molecule has 1 saturated carbocycles. The molecule has 3 rings (SSSR count). The van der Waals surface area contributed by atoms with Crippen molar-refractivity contribution in [2.75, 3.05) is 14.1 Å². The number of rotatable bonds is 7. The molecule has 1 aliphatic rings. The molecule has 0 saturated heterocycles. The predicted octanol–water partition coefficient (Wildman–Crippen LogP) is 4.47. The Balaban J connectivity index is 1.82. The van der Waals surface area contributed by atoms with E-state index < -0.39 is 0 Å². The summed E-state index contributed by atoms with van der Waals surface area (Å²) in [4.78, 5) is 14.8. The molecule has 1 aromatic carbocycles. The molecule has 1 aliphatic carbocycles. The van der Waals surface area contributed by atoms with E-state index in [2.05, 4.69) is 27.3 Å². The first-order chi connectivity index (χ1) is 13.9. The van der Waals surface area contributed by atoms with Crippen LogP contribution in [0.15, 0.2) is 29.4 Å². The molecule has 0 aliphatic heterocycles. The molecular formula is C21H30ClN5OS. The fraction of sp³-hybridized carbons (Fsp3) is 0.571. The number of thioether (sulfide) groups is 1. The summed E-state index contributed by atoms with van der Waals surface area (Å²) in [5.41, 5.74) is 0.936. The number of hydrogen-bond donors (Lipinski definition) is 1. The SMILES string of the molecule is CC(Sc1nnc(C(C)N(C)C)n1-c1ccc(Cl)cc1)C(=O)NC1CCCCC1. The van der Waals surface area contributed by atoms with E-state index >= 15 is 0 Å². The molecule has 1 N–H and O–H groups in total. The highest BCUT2D eigenvalue weighted by atomic mass is 35.5. The van der Waals surface area contributed by atoms with Crippen LogP contribution in [0.3, 0.4) is 0 Å². The molecule has 1 amide bonds. The van der Waals surface area contributed by atoms with Gasteiger partial charge in [0.1, 0.15) is 0 Å². The van der Waals surface area contributed by atoms with Crippen LogP contribution < -0.4 is 5.32 Å². The van der Waals surface area contributed by atoms with Crippen molar-refractivity contribution >= 4 is 29.3 Å². The van der Waals surface area contributed by atoms with Crippen molar-refractivity contribution in [3.63, 3.8) is 0 Å². The van der Waals surface area contributed by atoms with E-state index in [4.69, 9.17) is 11.6 Å². The Labute approximate surface area is 182 Å². The van der Waals surface area contributed by atoms with Crippen molar-refractivity contribution in [1.82, 2.24) is 25.0 Å². The molecule has 29 heavy (non-hydrogen) atoms. The third kappa shape index (κ3) is 5.53. The van der Waals surface area contributed by atoms with Crippen LogP contribution in [0.4, 0.5) is 0 Å². The molecule has 8 heteroatoms. The smallest absolute Gasteiger partial charge is 0.233 e. The summed E-state index contributed by atoms with van der Waals surface area (Å²) >= 11 is 7.52. The van der Waals surface area contributed by atoms with Gasteiger partial charge in [0, 0.05) is 16.8 Å². The number of carbonyl (C=O) groups is 1. The number of nitrogens with one attached hydrogen (secondary N) is 1. The lowest BCUT2D eigenvalue weighted by atomic mass is 9.95. The van der Waals surface area contributed by atoms with Gasteiger partial charge in [-0.25, -0.2) is 0 Å². The molecule has 6 nitrogen and oxygen atoms in total. The summed E-state index contributed by atoms with van der Waals surface area (Å²) in [6.07, 6.45) is 5.82. The van der Waals surface area contributed by atoms with Gasteiger partial charge in [-0.05, 0) is 65.0 Å². The van der Waals surface area contributed by atoms with Crippen molar-refractivity contribution < 1.29 is 4.79 Å². The summed E-state index contributed by atoms with van der Waals surface area (Å²) < 4.78 is 2.02. The van der Waals surface area contributed by atoms with Crippen LogP contribution in [0.25, 0.3) is 5.69 Å². The molecule has 0 radical (unpaired) electrons. The number of nitrogens with zero attached hydrogens (tertiary/aromatic N) is 4. The first-order valence-corrected chi connectivity index (χ1v) is 11.5.